The molecule has 0 saturated carbocycles. The first-order chi connectivity index (χ1) is 9.88. The number of urea groups is 1. The minimum absolute atomic E-state index is 0.0563. The fourth-order valence-electron chi connectivity index (χ4n) is 1.56. The second kappa shape index (κ2) is 8.46. The summed E-state index contributed by atoms with van der Waals surface area (Å²) in [4.78, 5) is 22.4. The van der Waals surface area contributed by atoms with Gasteiger partial charge in [-0.15, -0.1) is 0 Å². The topological polar surface area (TPSA) is 78.4 Å². The second-order valence-corrected chi connectivity index (χ2v) is 5.34. The van der Waals surface area contributed by atoms with Crippen LogP contribution >= 0.6 is 11.8 Å². The quantitative estimate of drug-likeness (QED) is 0.674. The maximum absolute atomic E-state index is 12.4. The Balaban J connectivity index is 2.56. The number of amides is 2. The van der Waals surface area contributed by atoms with Crippen molar-refractivity contribution < 1.29 is 23.5 Å². The van der Waals surface area contributed by atoms with Gasteiger partial charge >= 0.3 is 12.0 Å². The number of rotatable bonds is 7. The van der Waals surface area contributed by atoms with Crippen molar-refractivity contribution in [3.8, 4) is 0 Å². The van der Waals surface area contributed by atoms with Gasteiger partial charge in [-0.2, -0.15) is 8.78 Å². The summed E-state index contributed by atoms with van der Waals surface area (Å²) in [5.41, 5.74) is 0.283. The number of benzene rings is 1. The van der Waals surface area contributed by atoms with Gasteiger partial charge in [-0.25, -0.2) is 4.79 Å². The third-order valence-electron chi connectivity index (χ3n) is 2.52. The lowest BCUT2D eigenvalue weighted by atomic mass is 10.2. The number of hydrogen-bond acceptors (Lipinski definition) is 3. The monoisotopic (exact) mass is 318 g/mol. The molecule has 116 valence electrons. The number of hydrogen-bond donors (Lipinski definition) is 3. The van der Waals surface area contributed by atoms with E-state index in [-0.39, 0.29) is 29.5 Å². The molecular formula is C13H16F2N2O3S. The number of carboxylic acids is 1. The maximum Gasteiger partial charge on any atom is 0.319 e. The van der Waals surface area contributed by atoms with Crippen LogP contribution in [0, 0.1) is 0 Å². The zero-order chi connectivity index (χ0) is 15.8. The average Bonchev–Trinajstić information content (AvgIpc) is 2.38. The predicted octanol–water partition coefficient (Wildman–Crippen LogP) is 3.38. The minimum atomic E-state index is -2.58. The summed E-state index contributed by atoms with van der Waals surface area (Å²) in [6.07, 6.45) is 0.232. The average molecular weight is 318 g/mol. The van der Waals surface area contributed by atoms with Crippen LogP contribution < -0.4 is 10.6 Å². The molecule has 1 aromatic carbocycles. The molecule has 0 aliphatic heterocycles. The van der Waals surface area contributed by atoms with E-state index >= 15 is 0 Å². The van der Waals surface area contributed by atoms with E-state index in [2.05, 4.69) is 10.6 Å². The van der Waals surface area contributed by atoms with Gasteiger partial charge in [0, 0.05) is 17.4 Å². The van der Waals surface area contributed by atoms with Gasteiger partial charge in [-0.05, 0) is 25.5 Å². The molecule has 0 fully saturated rings. The van der Waals surface area contributed by atoms with E-state index < -0.39 is 17.8 Å². The Morgan fingerprint density at radius 2 is 2.00 bits per heavy atom. The van der Waals surface area contributed by atoms with Crippen LogP contribution in [0.15, 0.2) is 29.2 Å². The number of carbonyl (C=O) groups excluding carboxylic acids is 1. The smallest absolute Gasteiger partial charge is 0.319 e. The molecule has 2 amide bonds. The molecule has 5 nitrogen and oxygen atoms in total. The van der Waals surface area contributed by atoms with Crippen molar-refractivity contribution in [2.75, 3.05) is 5.32 Å². The molecule has 1 atom stereocenters. The van der Waals surface area contributed by atoms with Gasteiger partial charge in [0.05, 0.1) is 5.69 Å². The van der Waals surface area contributed by atoms with Gasteiger partial charge < -0.3 is 15.7 Å². The molecule has 0 bridgehead atoms. The van der Waals surface area contributed by atoms with Crippen molar-refractivity contribution in [3.63, 3.8) is 0 Å². The third-order valence-corrected chi connectivity index (χ3v) is 3.31. The summed E-state index contributed by atoms with van der Waals surface area (Å²) in [6, 6.07) is 5.33. The summed E-state index contributed by atoms with van der Waals surface area (Å²) in [5.74, 6) is -3.52. The summed E-state index contributed by atoms with van der Waals surface area (Å²) in [5, 5.41) is 13.6. The van der Waals surface area contributed by atoms with Gasteiger partial charge in [0.25, 0.3) is 5.76 Å². The summed E-state index contributed by atoms with van der Waals surface area (Å²) >= 11 is 0.347. The first-order valence-electron chi connectivity index (χ1n) is 6.21. The standard InChI is InChI=1S/C13H16F2N2O3S/c1-8(6-7-11(18)19)16-13(20)17-9-4-2-3-5-10(9)21-12(14)15/h2-5,8,12H,6-7H2,1H3,(H,18,19)(H2,16,17,20). The third kappa shape index (κ3) is 6.94. The van der Waals surface area contributed by atoms with Crippen molar-refractivity contribution in [3.05, 3.63) is 24.3 Å². The zero-order valence-electron chi connectivity index (χ0n) is 11.3. The van der Waals surface area contributed by atoms with Crippen molar-refractivity contribution in [1.82, 2.24) is 5.32 Å². The molecule has 0 aliphatic rings. The summed E-state index contributed by atoms with van der Waals surface area (Å²) in [6.45, 7) is 1.67. The molecule has 1 rings (SSSR count). The minimum Gasteiger partial charge on any atom is -0.481 e. The Morgan fingerprint density at radius 3 is 2.62 bits per heavy atom. The van der Waals surface area contributed by atoms with Gasteiger partial charge in [0.1, 0.15) is 0 Å². The Kier molecular flexibility index (Phi) is 6.93. The molecule has 0 saturated heterocycles. The Labute approximate surface area is 125 Å². The number of aliphatic carboxylic acids is 1. The van der Waals surface area contributed by atoms with Crippen LogP contribution in [0.3, 0.4) is 0 Å². The highest BCUT2D eigenvalue weighted by Gasteiger charge is 2.13. The van der Waals surface area contributed by atoms with Gasteiger partial charge in [-0.3, -0.25) is 4.79 Å². The second-order valence-electron chi connectivity index (χ2n) is 4.31. The highest BCUT2D eigenvalue weighted by molar-refractivity contribution is 7.99. The molecule has 1 aromatic rings. The van der Waals surface area contributed by atoms with Crippen molar-refractivity contribution >= 4 is 29.4 Å². The lowest BCUT2D eigenvalue weighted by Crippen LogP contribution is -2.36. The van der Waals surface area contributed by atoms with Crippen LogP contribution in [0.25, 0.3) is 0 Å². The largest absolute Gasteiger partial charge is 0.481 e. The highest BCUT2D eigenvalue weighted by atomic mass is 32.2. The van der Waals surface area contributed by atoms with Crippen molar-refractivity contribution in [2.45, 2.75) is 36.5 Å². The fourth-order valence-corrected chi connectivity index (χ4v) is 2.16. The predicted molar refractivity (Wildman–Crippen MR) is 76.8 cm³/mol. The number of nitrogens with one attached hydrogen (secondary N) is 2. The van der Waals surface area contributed by atoms with Crippen LogP contribution in [0.5, 0.6) is 0 Å². The Morgan fingerprint density at radius 1 is 1.33 bits per heavy atom. The molecule has 0 aromatic heterocycles. The van der Waals surface area contributed by atoms with E-state index in [1.165, 1.54) is 12.1 Å². The number of halogens is 2. The first-order valence-corrected chi connectivity index (χ1v) is 7.09. The van der Waals surface area contributed by atoms with Crippen LogP contribution in [0.4, 0.5) is 19.3 Å². The fraction of sp³-hybridized carbons (Fsp3) is 0.385. The number of thioether (sulfide) groups is 1. The number of anilines is 1. The van der Waals surface area contributed by atoms with Gasteiger partial charge in [-0.1, -0.05) is 23.9 Å². The first kappa shape index (κ1) is 17.2. The van der Waals surface area contributed by atoms with E-state index in [9.17, 15) is 18.4 Å². The van der Waals surface area contributed by atoms with E-state index in [0.29, 0.717) is 11.8 Å². The molecule has 8 heteroatoms. The molecule has 1 unspecified atom stereocenters. The van der Waals surface area contributed by atoms with E-state index in [1.54, 1.807) is 19.1 Å². The van der Waals surface area contributed by atoms with Gasteiger partial charge in [0.15, 0.2) is 0 Å². The molecule has 0 spiro atoms. The summed E-state index contributed by atoms with van der Waals surface area (Å²) < 4.78 is 24.8. The number of carbonyl (C=O) groups is 2. The van der Waals surface area contributed by atoms with Crippen LogP contribution in [0.2, 0.25) is 0 Å². The van der Waals surface area contributed by atoms with Crippen molar-refractivity contribution in [1.29, 1.82) is 0 Å². The molecule has 0 heterocycles. The Hall–Kier alpha value is -1.83. The molecule has 3 N–H and O–H groups in total. The number of para-hydroxylation sites is 1. The maximum atomic E-state index is 12.4. The summed E-state index contributed by atoms with van der Waals surface area (Å²) in [7, 11) is 0. The lowest BCUT2D eigenvalue weighted by molar-refractivity contribution is -0.137. The number of carboxylic acid groups (broad SMARTS) is 1. The van der Waals surface area contributed by atoms with Crippen LogP contribution in [-0.4, -0.2) is 28.9 Å². The molecule has 21 heavy (non-hydrogen) atoms. The lowest BCUT2D eigenvalue weighted by Gasteiger charge is -2.15. The molecule has 0 aliphatic carbocycles. The Bertz CT molecular complexity index is 500. The van der Waals surface area contributed by atoms with Crippen molar-refractivity contribution in [2.24, 2.45) is 0 Å². The van der Waals surface area contributed by atoms with Crippen LogP contribution in [0.1, 0.15) is 19.8 Å². The van der Waals surface area contributed by atoms with E-state index in [4.69, 9.17) is 5.11 Å². The normalized spacial score (nSPS) is 12.0. The van der Waals surface area contributed by atoms with Crippen LogP contribution in [-0.2, 0) is 4.79 Å². The molecule has 0 radical (unpaired) electrons. The van der Waals surface area contributed by atoms with Gasteiger partial charge in [0.2, 0.25) is 0 Å². The zero-order valence-corrected chi connectivity index (χ0v) is 12.1. The highest BCUT2D eigenvalue weighted by Crippen LogP contribution is 2.31. The number of alkyl halides is 2. The molecular weight excluding hydrogens is 302 g/mol. The van der Waals surface area contributed by atoms with E-state index in [0.717, 1.165) is 0 Å². The van der Waals surface area contributed by atoms with E-state index in [1.807, 2.05) is 0 Å². The SMILES string of the molecule is CC(CCC(=O)O)NC(=O)Nc1ccccc1SC(F)F.